The second kappa shape index (κ2) is 9.32. The van der Waals surface area contributed by atoms with Crippen LogP contribution in [0.5, 0.6) is 0 Å². The van der Waals surface area contributed by atoms with Gasteiger partial charge in [0.2, 0.25) is 0 Å². The summed E-state index contributed by atoms with van der Waals surface area (Å²) in [5.74, 6) is -0.509. The maximum absolute atomic E-state index is 12.5. The molecule has 1 aliphatic rings. The fourth-order valence-corrected chi connectivity index (χ4v) is 3.05. The molecule has 28 heavy (non-hydrogen) atoms. The molecule has 1 aromatic heterocycles. The third kappa shape index (κ3) is 5.07. The average Bonchev–Trinajstić information content (AvgIpc) is 2.73. The normalized spacial score (nSPS) is 14.6. The van der Waals surface area contributed by atoms with Crippen molar-refractivity contribution in [1.82, 2.24) is 15.2 Å². The summed E-state index contributed by atoms with van der Waals surface area (Å²) in [7, 11) is 2.13. The van der Waals surface area contributed by atoms with Gasteiger partial charge < -0.3 is 20.4 Å². The summed E-state index contributed by atoms with van der Waals surface area (Å²) in [6.45, 7) is 6.68. The van der Waals surface area contributed by atoms with Gasteiger partial charge in [-0.2, -0.15) is 0 Å². The molecule has 7 nitrogen and oxygen atoms in total. The molecule has 1 saturated heterocycles. The van der Waals surface area contributed by atoms with E-state index in [2.05, 4.69) is 32.5 Å². The Labute approximate surface area is 165 Å². The second-order valence-corrected chi connectivity index (χ2v) is 7.01. The monoisotopic (exact) mass is 381 g/mol. The van der Waals surface area contributed by atoms with E-state index >= 15 is 0 Å². The fourth-order valence-electron chi connectivity index (χ4n) is 3.05. The number of pyridine rings is 1. The first-order valence-corrected chi connectivity index (χ1v) is 9.65. The van der Waals surface area contributed by atoms with E-state index in [-0.39, 0.29) is 11.8 Å². The smallest absolute Gasteiger partial charge is 0.257 e. The minimum atomic E-state index is -0.287. The van der Waals surface area contributed by atoms with Crippen LogP contribution in [0.4, 0.5) is 11.4 Å². The number of rotatable bonds is 6. The van der Waals surface area contributed by atoms with Gasteiger partial charge in [0.15, 0.2) is 0 Å². The third-order valence-electron chi connectivity index (χ3n) is 4.79. The topological polar surface area (TPSA) is 77.6 Å². The Kier molecular flexibility index (Phi) is 6.60. The third-order valence-corrected chi connectivity index (χ3v) is 4.79. The van der Waals surface area contributed by atoms with Crippen molar-refractivity contribution in [2.24, 2.45) is 0 Å². The molecule has 1 aliphatic heterocycles. The Morgan fingerprint density at radius 2 is 1.64 bits per heavy atom. The largest absolute Gasteiger partial charge is 0.369 e. The van der Waals surface area contributed by atoms with Gasteiger partial charge in [-0.15, -0.1) is 0 Å². The predicted molar refractivity (Wildman–Crippen MR) is 111 cm³/mol. The lowest BCUT2D eigenvalue weighted by molar-refractivity contribution is 0.0953. The van der Waals surface area contributed by atoms with Gasteiger partial charge in [-0.3, -0.25) is 14.6 Å². The first-order valence-electron chi connectivity index (χ1n) is 9.65. The maximum atomic E-state index is 12.5. The van der Waals surface area contributed by atoms with Crippen molar-refractivity contribution in [3.8, 4) is 0 Å². The lowest BCUT2D eigenvalue weighted by atomic mass is 10.1. The van der Waals surface area contributed by atoms with Crippen LogP contribution < -0.4 is 15.5 Å². The summed E-state index contributed by atoms with van der Waals surface area (Å²) in [5, 5.41) is 5.65. The van der Waals surface area contributed by atoms with Crippen molar-refractivity contribution in [2.75, 3.05) is 50.0 Å². The highest BCUT2D eigenvalue weighted by molar-refractivity contribution is 6.05. The summed E-state index contributed by atoms with van der Waals surface area (Å²) >= 11 is 0. The van der Waals surface area contributed by atoms with Crippen LogP contribution in [0.15, 0.2) is 42.7 Å². The minimum absolute atomic E-state index is 0.222. The van der Waals surface area contributed by atoms with Crippen molar-refractivity contribution in [2.45, 2.75) is 13.3 Å². The van der Waals surface area contributed by atoms with Gasteiger partial charge >= 0.3 is 0 Å². The molecule has 0 atom stereocenters. The first kappa shape index (κ1) is 19.8. The molecule has 0 aliphatic carbocycles. The summed E-state index contributed by atoms with van der Waals surface area (Å²) in [6, 6.07) is 9.40. The summed E-state index contributed by atoms with van der Waals surface area (Å²) in [4.78, 5) is 33.3. The molecule has 1 aromatic carbocycles. The molecule has 0 spiro atoms. The predicted octanol–water partition coefficient (Wildman–Crippen LogP) is 2.23. The molecular formula is C21H27N5O2. The maximum Gasteiger partial charge on any atom is 0.257 e. The standard InChI is InChI=1S/C21H27N5O2/c1-3-8-23-20(27)16-13-17(15-22-14-16)21(28)24-18-4-6-19(7-5-18)26-11-9-25(2)10-12-26/h4-7,13-15H,3,8-12H2,1-2H3,(H,23,27)(H,24,28). The van der Waals surface area contributed by atoms with Crippen LogP contribution in [-0.2, 0) is 0 Å². The van der Waals surface area contributed by atoms with Crippen LogP contribution >= 0.6 is 0 Å². The molecule has 2 heterocycles. The molecular weight excluding hydrogens is 354 g/mol. The molecule has 1 fully saturated rings. The number of piperazine rings is 1. The van der Waals surface area contributed by atoms with Crippen LogP contribution in [0.2, 0.25) is 0 Å². The number of carbonyl (C=O) groups excluding carboxylic acids is 2. The summed E-state index contributed by atoms with van der Waals surface area (Å²) < 4.78 is 0. The highest BCUT2D eigenvalue weighted by atomic mass is 16.2. The number of likely N-dealkylation sites (N-methyl/N-ethyl adjacent to an activating group) is 1. The van der Waals surface area contributed by atoms with E-state index in [1.54, 1.807) is 6.07 Å². The van der Waals surface area contributed by atoms with E-state index in [4.69, 9.17) is 0 Å². The Morgan fingerprint density at radius 3 is 2.29 bits per heavy atom. The van der Waals surface area contributed by atoms with Crippen molar-refractivity contribution >= 4 is 23.2 Å². The number of hydrogen-bond acceptors (Lipinski definition) is 5. The van der Waals surface area contributed by atoms with Gasteiger partial charge in [-0.25, -0.2) is 0 Å². The quantitative estimate of drug-likeness (QED) is 0.802. The fraction of sp³-hybridized carbons (Fsp3) is 0.381. The number of hydrogen-bond donors (Lipinski definition) is 2. The Hall–Kier alpha value is -2.93. The number of nitrogens with zero attached hydrogens (tertiary/aromatic N) is 3. The zero-order chi connectivity index (χ0) is 19.9. The van der Waals surface area contributed by atoms with Crippen LogP contribution in [0.1, 0.15) is 34.1 Å². The minimum Gasteiger partial charge on any atom is -0.369 e. The molecule has 7 heteroatoms. The van der Waals surface area contributed by atoms with E-state index in [0.717, 1.165) is 38.3 Å². The molecule has 0 radical (unpaired) electrons. The lowest BCUT2D eigenvalue weighted by Crippen LogP contribution is -2.44. The Morgan fingerprint density at radius 1 is 1.00 bits per heavy atom. The molecule has 3 rings (SSSR count). The summed E-state index contributed by atoms with van der Waals surface area (Å²) in [6.07, 6.45) is 3.78. The Balaban J connectivity index is 1.62. The summed E-state index contributed by atoms with van der Waals surface area (Å²) in [5.41, 5.74) is 2.60. The zero-order valence-corrected chi connectivity index (χ0v) is 16.4. The van der Waals surface area contributed by atoms with E-state index < -0.39 is 0 Å². The molecule has 0 unspecified atom stereocenters. The Bertz CT molecular complexity index is 814. The molecule has 2 amide bonds. The SMILES string of the molecule is CCCNC(=O)c1cncc(C(=O)Nc2ccc(N3CCN(C)CC3)cc2)c1. The van der Waals surface area contributed by atoms with Gasteiger partial charge in [-0.1, -0.05) is 6.92 Å². The van der Waals surface area contributed by atoms with Crippen LogP contribution in [0.3, 0.4) is 0 Å². The number of anilines is 2. The molecule has 0 bridgehead atoms. The lowest BCUT2D eigenvalue weighted by Gasteiger charge is -2.34. The number of aromatic nitrogens is 1. The second-order valence-electron chi connectivity index (χ2n) is 7.01. The van der Waals surface area contributed by atoms with E-state index in [1.807, 2.05) is 31.2 Å². The van der Waals surface area contributed by atoms with Gasteiger partial charge in [-0.05, 0) is 43.8 Å². The van der Waals surface area contributed by atoms with Crippen LogP contribution in [0, 0.1) is 0 Å². The van der Waals surface area contributed by atoms with Gasteiger partial charge in [0.1, 0.15) is 0 Å². The van der Waals surface area contributed by atoms with E-state index in [1.165, 1.54) is 12.4 Å². The van der Waals surface area contributed by atoms with Crippen LogP contribution in [-0.4, -0.2) is 61.5 Å². The highest BCUT2D eigenvalue weighted by Gasteiger charge is 2.15. The number of amides is 2. The van der Waals surface area contributed by atoms with Crippen molar-refractivity contribution in [1.29, 1.82) is 0 Å². The number of carbonyl (C=O) groups is 2. The highest BCUT2D eigenvalue weighted by Crippen LogP contribution is 2.20. The van der Waals surface area contributed by atoms with Crippen molar-refractivity contribution in [3.05, 3.63) is 53.9 Å². The average molecular weight is 381 g/mol. The molecule has 2 N–H and O–H groups in total. The first-order chi connectivity index (χ1) is 13.6. The van der Waals surface area contributed by atoms with Gasteiger partial charge in [0.25, 0.3) is 11.8 Å². The number of nitrogens with one attached hydrogen (secondary N) is 2. The van der Waals surface area contributed by atoms with E-state index in [0.29, 0.717) is 23.4 Å². The zero-order valence-electron chi connectivity index (χ0n) is 16.4. The van der Waals surface area contributed by atoms with Crippen molar-refractivity contribution < 1.29 is 9.59 Å². The van der Waals surface area contributed by atoms with Gasteiger partial charge in [0.05, 0.1) is 11.1 Å². The van der Waals surface area contributed by atoms with Crippen molar-refractivity contribution in [3.63, 3.8) is 0 Å². The molecule has 0 saturated carbocycles. The van der Waals surface area contributed by atoms with Crippen LogP contribution in [0.25, 0.3) is 0 Å². The molecule has 2 aromatic rings. The molecule has 148 valence electrons. The van der Waals surface area contributed by atoms with Gasteiger partial charge in [0, 0.05) is 56.5 Å². The number of benzene rings is 1. The van der Waals surface area contributed by atoms with E-state index in [9.17, 15) is 9.59 Å².